The van der Waals surface area contributed by atoms with Crippen molar-refractivity contribution in [2.45, 2.75) is 46.1 Å². The number of benzene rings is 1. The number of likely N-dealkylation sites (tertiary alicyclic amines) is 1. The summed E-state index contributed by atoms with van der Waals surface area (Å²) in [6.45, 7) is 9.74. The van der Waals surface area contributed by atoms with E-state index in [4.69, 9.17) is 0 Å². The van der Waals surface area contributed by atoms with E-state index in [0.29, 0.717) is 5.92 Å². The average molecular weight is 295 g/mol. The van der Waals surface area contributed by atoms with Crippen LogP contribution in [0.5, 0.6) is 0 Å². The van der Waals surface area contributed by atoms with Crippen LogP contribution in [0.25, 0.3) is 0 Å². The summed E-state index contributed by atoms with van der Waals surface area (Å²) in [5, 5.41) is 0. The molecule has 1 saturated heterocycles. The van der Waals surface area contributed by atoms with Crippen molar-refractivity contribution < 1.29 is 0 Å². The first-order valence-corrected chi connectivity index (χ1v) is 8.20. The molecule has 1 fully saturated rings. The Morgan fingerprint density at radius 3 is 2.59 bits per heavy atom. The van der Waals surface area contributed by atoms with Gasteiger partial charge in [0.25, 0.3) is 0 Å². The van der Waals surface area contributed by atoms with E-state index in [1.54, 1.807) is 0 Å². The van der Waals surface area contributed by atoms with Gasteiger partial charge in [-0.2, -0.15) is 0 Å². The normalized spacial score (nSPS) is 16.9. The van der Waals surface area contributed by atoms with Gasteiger partial charge < -0.3 is 0 Å². The zero-order valence-corrected chi connectivity index (χ0v) is 13.8. The maximum atomic E-state index is 4.60. The van der Waals surface area contributed by atoms with Crippen molar-refractivity contribution in [2.75, 3.05) is 13.1 Å². The largest absolute Gasteiger partial charge is 0.299 e. The second-order valence-corrected chi connectivity index (χ2v) is 6.51. The Hall–Kier alpha value is -1.74. The molecule has 0 amide bonds. The number of aryl methyl sites for hydroxylation is 3. The fourth-order valence-electron chi connectivity index (χ4n) is 3.30. The molecule has 0 atom stereocenters. The summed E-state index contributed by atoms with van der Waals surface area (Å²) in [6, 6.07) is 8.84. The van der Waals surface area contributed by atoms with Crippen LogP contribution in [0.1, 0.15) is 47.0 Å². The van der Waals surface area contributed by atoms with Crippen LogP contribution < -0.4 is 0 Å². The molecule has 3 rings (SSSR count). The van der Waals surface area contributed by atoms with Gasteiger partial charge in [-0.15, -0.1) is 0 Å². The molecule has 0 spiro atoms. The minimum atomic E-state index is 0.594. The summed E-state index contributed by atoms with van der Waals surface area (Å²) in [5.41, 5.74) is 5.45. The van der Waals surface area contributed by atoms with Gasteiger partial charge >= 0.3 is 0 Å². The number of piperidine rings is 1. The molecule has 0 aliphatic carbocycles. The zero-order valence-electron chi connectivity index (χ0n) is 13.8. The second kappa shape index (κ2) is 6.57. The smallest absolute Gasteiger partial charge is 0.125 e. The zero-order chi connectivity index (χ0) is 15.5. The van der Waals surface area contributed by atoms with Crippen LogP contribution in [0.2, 0.25) is 0 Å². The Bertz CT molecular complexity index is 643. The predicted octanol–water partition coefficient (Wildman–Crippen LogP) is 3.78. The van der Waals surface area contributed by atoms with Gasteiger partial charge in [0.2, 0.25) is 0 Å². The molecule has 1 aliphatic heterocycles. The van der Waals surface area contributed by atoms with Gasteiger partial charge in [0, 0.05) is 24.4 Å². The molecular weight excluding hydrogens is 270 g/mol. The van der Waals surface area contributed by atoms with Crippen LogP contribution in [0.3, 0.4) is 0 Å². The van der Waals surface area contributed by atoms with Crippen molar-refractivity contribution in [1.82, 2.24) is 14.9 Å². The lowest BCUT2D eigenvalue weighted by molar-refractivity contribution is 0.203. The summed E-state index contributed by atoms with van der Waals surface area (Å²) >= 11 is 0. The summed E-state index contributed by atoms with van der Waals surface area (Å²) in [6.07, 6.45) is 4.28. The van der Waals surface area contributed by atoms with E-state index in [0.717, 1.165) is 25.5 Å². The van der Waals surface area contributed by atoms with E-state index >= 15 is 0 Å². The number of hydrogen-bond acceptors (Lipinski definition) is 3. The van der Waals surface area contributed by atoms with Gasteiger partial charge in [-0.1, -0.05) is 23.8 Å². The molecule has 2 heterocycles. The lowest BCUT2D eigenvalue weighted by Crippen LogP contribution is -2.33. The Labute approximate surface area is 133 Å². The van der Waals surface area contributed by atoms with Gasteiger partial charge in [0.15, 0.2) is 0 Å². The molecule has 3 heteroatoms. The molecule has 1 aromatic carbocycles. The first kappa shape index (κ1) is 15.2. The van der Waals surface area contributed by atoms with Crippen molar-refractivity contribution in [3.8, 4) is 0 Å². The molecule has 0 bridgehead atoms. The molecule has 1 aromatic heterocycles. The highest BCUT2D eigenvalue weighted by Gasteiger charge is 2.22. The van der Waals surface area contributed by atoms with Crippen LogP contribution in [0.4, 0.5) is 0 Å². The molecule has 2 aromatic rings. The van der Waals surface area contributed by atoms with Gasteiger partial charge in [-0.3, -0.25) is 4.90 Å². The Morgan fingerprint density at radius 2 is 1.86 bits per heavy atom. The molecule has 22 heavy (non-hydrogen) atoms. The van der Waals surface area contributed by atoms with Gasteiger partial charge in [-0.25, -0.2) is 9.97 Å². The lowest BCUT2D eigenvalue weighted by atomic mass is 9.92. The van der Waals surface area contributed by atoms with Crippen molar-refractivity contribution >= 4 is 0 Å². The maximum absolute atomic E-state index is 4.60. The van der Waals surface area contributed by atoms with Crippen LogP contribution in [0.15, 0.2) is 30.5 Å². The quantitative estimate of drug-likeness (QED) is 0.863. The summed E-state index contributed by atoms with van der Waals surface area (Å²) in [7, 11) is 0. The first-order chi connectivity index (χ1) is 10.6. The van der Waals surface area contributed by atoms with E-state index in [9.17, 15) is 0 Å². The summed E-state index contributed by atoms with van der Waals surface area (Å²) < 4.78 is 0. The van der Waals surface area contributed by atoms with Crippen LogP contribution in [-0.4, -0.2) is 28.0 Å². The van der Waals surface area contributed by atoms with Crippen molar-refractivity contribution in [1.29, 1.82) is 0 Å². The number of rotatable bonds is 3. The Balaban J connectivity index is 1.61. The number of nitrogens with zero attached hydrogens (tertiary/aromatic N) is 3. The molecule has 0 unspecified atom stereocenters. The molecular formula is C19H25N3. The Kier molecular flexibility index (Phi) is 4.53. The molecule has 116 valence electrons. The van der Waals surface area contributed by atoms with E-state index in [1.807, 2.05) is 13.1 Å². The van der Waals surface area contributed by atoms with E-state index in [2.05, 4.69) is 53.0 Å². The highest BCUT2D eigenvalue weighted by molar-refractivity contribution is 5.30. The third-order valence-corrected chi connectivity index (χ3v) is 4.70. The van der Waals surface area contributed by atoms with Crippen LogP contribution in [0, 0.1) is 20.8 Å². The third-order valence-electron chi connectivity index (χ3n) is 4.70. The van der Waals surface area contributed by atoms with Crippen LogP contribution in [-0.2, 0) is 6.54 Å². The van der Waals surface area contributed by atoms with E-state index in [-0.39, 0.29) is 0 Å². The fourth-order valence-corrected chi connectivity index (χ4v) is 3.30. The molecule has 0 saturated carbocycles. The fraction of sp³-hybridized carbons (Fsp3) is 0.474. The second-order valence-electron chi connectivity index (χ2n) is 6.51. The van der Waals surface area contributed by atoms with Crippen molar-refractivity contribution in [2.24, 2.45) is 0 Å². The summed E-state index contributed by atoms with van der Waals surface area (Å²) in [5.74, 6) is 1.48. The lowest BCUT2D eigenvalue weighted by Gasteiger charge is -2.32. The SMILES string of the molecule is Cc1ccc(C)c(CN2CCC(c3ccnc(C)n3)CC2)c1. The minimum absolute atomic E-state index is 0.594. The topological polar surface area (TPSA) is 29.0 Å². The van der Waals surface area contributed by atoms with Crippen LogP contribution >= 0.6 is 0 Å². The van der Waals surface area contributed by atoms with Crippen molar-refractivity contribution in [3.05, 3.63) is 58.7 Å². The highest BCUT2D eigenvalue weighted by Crippen LogP contribution is 2.27. The average Bonchev–Trinajstić information content (AvgIpc) is 2.52. The molecule has 3 nitrogen and oxygen atoms in total. The molecule has 0 radical (unpaired) electrons. The predicted molar refractivity (Wildman–Crippen MR) is 89.9 cm³/mol. The van der Waals surface area contributed by atoms with E-state index in [1.165, 1.54) is 35.2 Å². The standard InChI is InChI=1S/C19H25N3/c1-14-4-5-15(2)18(12-14)13-22-10-7-17(8-11-22)19-6-9-20-16(3)21-19/h4-6,9,12,17H,7-8,10-11,13H2,1-3H3. The van der Waals surface area contributed by atoms with Gasteiger partial charge in [0.05, 0.1) is 0 Å². The minimum Gasteiger partial charge on any atom is -0.299 e. The van der Waals surface area contributed by atoms with Gasteiger partial charge in [0.1, 0.15) is 5.82 Å². The summed E-state index contributed by atoms with van der Waals surface area (Å²) in [4.78, 5) is 11.4. The third kappa shape index (κ3) is 3.53. The van der Waals surface area contributed by atoms with Crippen molar-refractivity contribution in [3.63, 3.8) is 0 Å². The maximum Gasteiger partial charge on any atom is 0.125 e. The molecule has 0 N–H and O–H groups in total. The number of aromatic nitrogens is 2. The Morgan fingerprint density at radius 1 is 1.09 bits per heavy atom. The number of hydrogen-bond donors (Lipinski definition) is 0. The molecule has 1 aliphatic rings. The highest BCUT2D eigenvalue weighted by atomic mass is 15.1. The van der Waals surface area contributed by atoms with E-state index < -0.39 is 0 Å². The first-order valence-electron chi connectivity index (χ1n) is 8.20. The monoisotopic (exact) mass is 295 g/mol. The van der Waals surface area contributed by atoms with Gasteiger partial charge in [-0.05, 0) is 63.9 Å².